The molecular weight excluding hydrogens is 252 g/mol. The lowest BCUT2D eigenvalue weighted by Crippen LogP contribution is -2.07. The van der Waals surface area contributed by atoms with E-state index in [1.165, 1.54) is 6.20 Å². The maximum atomic E-state index is 13.8. The Morgan fingerprint density at radius 1 is 1.47 bits per heavy atom. The summed E-state index contributed by atoms with van der Waals surface area (Å²) < 4.78 is 50.2. The molecule has 0 radical (unpaired) electrons. The highest BCUT2D eigenvalue weighted by atomic mass is 19.1. The van der Waals surface area contributed by atoms with Crippen molar-refractivity contribution in [2.75, 3.05) is 14.1 Å². The maximum absolute atomic E-state index is 13.8. The van der Waals surface area contributed by atoms with E-state index < -0.39 is 30.2 Å². The van der Waals surface area contributed by atoms with Crippen LogP contribution in [0, 0.1) is 11.6 Å². The molecule has 0 bridgehead atoms. The molecule has 4 nitrogen and oxygen atoms in total. The van der Waals surface area contributed by atoms with E-state index in [2.05, 4.69) is 4.98 Å². The second-order valence-corrected chi connectivity index (χ2v) is 4.17. The van der Waals surface area contributed by atoms with E-state index in [0.717, 1.165) is 12.1 Å². The maximum Gasteiger partial charge on any atom is 0.222 e. The summed E-state index contributed by atoms with van der Waals surface area (Å²) >= 11 is 0. The van der Waals surface area contributed by atoms with Gasteiger partial charge in [-0.1, -0.05) is 0 Å². The highest BCUT2D eigenvalue weighted by Gasteiger charge is 2.16. The second kappa shape index (κ2) is 4.79. The topological polar surface area (TPSA) is 38.1 Å². The average molecular weight is 268 g/mol. The Hall–Kier alpha value is -2.24. The zero-order chi connectivity index (χ0) is 16.7. The molecule has 1 heterocycles. The van der Waals surface area contributed by atoms with E-state index in [1.807, 2.05) is 0 Å². The van der Waals surface area contributed by atoms with E-state index in [4.69, 9.17) is 4.11 Å². The normalized spacial score (nSPS) is 14.4. The molecule has 0 atom stereocenters. The largest absolute Gasteiger partial charge is 0.383 e. The molecule has 0 spiro atoms. The predicted octanol–water partition coefficient (Wildman–Crippen LogP) is 2.11. The summed E-state index contributed by atoms with van der Waals surface area (Å²) in [7, 11) is 3.34. The fourth-order valence-corrected chi connectivity index (χ4v) is 1.56. The number of aryl methyl sites for hydroxylation is 1. The summed E-state index contributed by atoms with van der Waals surface area (Å²) in [5, 5.41) is 0. The molecule has 0 saturated heterocycles. The number of hydrogen-bond donors (Lipinski definition) is 0. The average Bonchev–Trinajstić information content (AvgIpc) is 2.75. The van der Waals surface area contributed by atoms with E-state index in [-0.39, 0.29) is 11.0 Å². The first-order valence-corrected chi connectivity index (χ1v) is 5.38. The number of hydrogen-bond acceptors (Lipinski definition) is 3. The number of allylic oxidation sites excluding steroid dienone is 1. The number of carbonyl (C=O) groups is 1. The SMILES string of the molecule is [2H]C([2H])([2H])n1c(C(=O)/C=C/N(C)C)nc2c(F)cc(F)cc21. The van der Waals surface area contributed by atoms with Gasteiger partial charge in [0.1, 0.15) is 11.3 Å². The van der Waals surface area contributed by atoms with Gasteiger partial charge in [0.25, 0.3) is 0 Å². The van der Waals surface area contributed by atoms with Crippen LogP contribution >= 0.6 is 0 Å². The molecular formula is C13H13F2N3O. The fourth-order valence-electron chi connectivity index (χ4n) is 1.56. The zero-order valence-electron chi connectivity index (χ0n) is 13.3. The van der Waals surface area contributed by atoms with Gasteiger partial charge in [0.15, 0.2) is 11.6 Å². The minimum atomic E-state index is -2.80. The van der Waals surface area contributed by atoms with Crippen molar-refractivity contribution >= 4 is 16.8 Å². The highest BCUT2D eigenvalue weighted by molar-refractivity contribution is 6.03. The molecule has 6 heteroatoms. The molecule has 2 rings (SSSR count). The van der Waals surface area contributed by atoms with Gasteiger partial charge in [-0.3, -0.25) is 4.79 Å². The van der Waals surface area contributed by atoms with Crippen molar-refractivity contribution in [2.45, 2.75) is 0 Å². The van der Waals surface area contributed by atoms with Gasteiger partial charge < -0.3 is 9.47 Å². The summed E-state index contributed by atoms with van der Waals surface area (Å²) in [6, 6.07) is 1.42. The molecule has 0 unspecified atom stereocenters. The third kappa shape index (κ3) is 2.47. The van der Waals surface area contributed by atoms with Gasteiger partial charge in [0, 0.05) is 43.5 Å². The molecule has 0 fully saturated rings. The first kappa shape index (κ1) is 9.66. The zero-order valence-corrected chi connectivity index (χ0v) is 10.3. The van der Waals surface area contributed by atoms with E-state index in [0.29, 0.717) is 10.6 Å². The lowest BCUT2D eigenvalue weighted by Gasteiger charge is -2.02. The Kier molecular flexibility index (Phi) is 2.44. The van der Waals surface area contributed by atoms with Crippen LogP contribution in [0.2, 0.25) is 0 Å². The summed E-state index contributed by atoms with van der Waals surface area (Å²) in [4.78, 5) is 17.4. The van der Waals surface area contributed by atoms with Crippen molar-refractivity contribution in [1.29, 1.82) is 0 Å². The van der Waals surface area contributed by atoms with Crippen molar-refractivity contribution in [3.63, 3.8) is 0 Å². The van der Waals surface area contributed by atoms with E-state index in [1.54, 1.807) is 19.0 Å². The lowest BCUT2D eigenvalue weighted by atomic mass is 10.3. The van der Waals surface area contributed by atoms with Gasteiger partial charge in [0.05, 0.1) is 5.52 Å². The van der Waals surface area contributed by atoms with Crippen molar-refractivity contribution in [2.24, 2.45) is 6.98 Å². The predicted molar refractivity (Wildman–Crippen MR) is 67.8 cm³/mol. The first-order valence-electron chi connectivity index (χ1n) is 6.88. The molecule has 2 aromatic rings. The van der Waals surface area contributed by atoms with Crippen molar-refractivity contribution in [3.8, 4) is 0 Å². The Labute approximate surface area is 113 Å². The molecule has 0 aliphatic carbocycles. The van der Waals surface area contributed by atoms with E-state index in [9.17, 15) is 13.6 Å². The standard InChI is InChI=1S/C13H13F2N3O/c1-17(2)5-4-11(19)13-16-12-9(15)6-8(14)7-10(12)18(13)3/h4-7H,1-3H3/b5-4+/i3D3. The van der Waals surface area contributed by atoms with Crippen LogP contribution in [0.25, 0.3) is 11.0 Å². The number of carbonyl (C=O) groups excluding carboxylic acids is 1. The van der Waals surface area contributed by atoms with Gasteiger partial charge in [-0.15, -0.1) is 0 Å². The molecule has 0 amide bonds. The number of aromatic nitrogens is 2. The minimum absolute atomic E-state index is 0.292. The Morgan fingerprint density at radius 3 is 2.84 bits per heavy atom. The Bertz CT molecular complexity index is 766. The quantitative estimate of drug-likeness (QED) is 0.632. The Morgan fingerprint density at radius 2 is 2.21 bits per heavy atom. The van der Waals surface area contributed by atoms with Gasteiger partial charge in [-0.25, -0.2) is 13.8 Å². The number of rotatable bonds is 3. The van der Waals surface area contributed by atoms with Crippen LogP contribution < -0.4 is 0 Å². The number of benzene rings is 1. The molecule has 1 aromatic carbocycles. The third-order valence-electron chi connectivity index (χ3n) is 2.42. The fraction of sp³-hybridized carbons (Fsp3) is 0.231. The van der Waals surface area contributed by atoms with Crippen LogP contribution in [-0.2, 0) is 6.98 Å². The minimum Gasteiger partial charge on any atom is -0.383 e. The number of ketones is 1. The monoisotopic (exact) mass is 268 g/mol. The highest BCUT2D eigenvalue weighted by Crippen LogP contribution is 2.20. The number of nitrogens with zero attached hydrogens (tertiary/aromatic N) is 3. The van der Waals surface area contributed by atoms with Crippen LogP contribution in [0.5, 0.6) is 0 Å². The smallest absolute Gasteiger partial charge is 0.222 e. The van der Waals surface area contributed by atoms with Gasteiger partial charge in [0.2, 0.25) is 5.78 Å². The van der Waals surface area contributed by atoms with Gasteiger partial charge in [-0.05, 0) is 6.07 Å². The summed E-state index contributed by atoms with van der Waals surface area (Å²) in [5.74, 6) is -3.17. The van der Waals surface area contributed by atoms with Crippen LogP contribution in [-0.4, -0.2) is 34.3 Å². The molecule has 0 N–H and O–H groups in total. The van der Waals surface area contributed by atoms with Crippen molar-refractivity contribution in [3.05, 3.63) is 41.9 Å². The van der Waals surface area contributed by atoms with Crippen molar-refractivity contribution < 1.29 is 17.7 Å². The lowest BCUT2D eigenvalue weighted by molar-refractivity contribution is 0.103. The van der Waals surface area contributed by atoms with E-state index >= 15 is 0 Å². The number of imidazole rings is 1. The third-order valence-corrected chi connectivity index (χ3v) is 2.42. The van der Waals surface area contributed by atoms with Gasteiger partial charge in [-0.2, -0.15) is 0 Å². The molecule has 0 saturated carbocycles. The summed E-state index contributed by atoms with van der Waals surface area (Å²) in [6.07, 6.45) is 2.51. The Balaban J connectivity index is 2.74. The summed E-state index contributed by atoms with van der Waals surface area (Å²) in [6.45, 7) is -2.80. The first-order chi connectivity index (χ1) is 10.1. The number of fused-ring (bicyclic) bond motifs is 1. The van der Waals surface area contributed by atoms with Crippen molar-refractivity contribution in [1.82, 2.24) is 14.5 Å². The van der Waals surface area contributed by atoms with Crippen LogP contribution in [0.15, 0.2) is 24.4 Å². The molecule has 19 heavy (non-hydrogen) atoms. The molecule has 0 aliphatic rings. The molecule has 1 aromatic heterocycles. The van der Waals surface area contributed by atoms with Gasteiger partial charge >= 0.3 is 0 Å². The summed E-state index contributed by atoms with van der Waals surface area (Å²) in [5.41, 5.74) is -0.654. The van der Waals surface area contributed by atoms with Crippen LogP contribution in [0.1, 0.15) is 14.7 Å². The molecule has 100 valence electrons. The molecule has 0 aliphatic heterocycles. The van der Waals surface area contributed by atoms with Crippen LogP contribution in [0.3, 0.4) is 0 Å². The number of halogens is 2. The second-order valence-electron chi connectivity index (χ2n) is 4.17. The van der Waals surface area contributed by atoms with Crippen LogP contribution in [0.4, 0.5) is 8.78 Å².